The molecule has 94 valence electrons. The van der Waals surface area contributed by atoms with E-state index in [1.165, 1.54) is 58.0 Å². The number of hydrogen-bond donors (Lipinski definition) is 1. The van der Waals surface area contributed by atoms with Crippen molar-refractivity contribution in [2.24, 2.45) is 17.6 Å². The molecule has 2 atom stereocenters. The fourth-order valence-corrected chi connectivity index (χ4v) is 3.42. The van der Waals surface area contributed by atoms with Gasteiger partial charge in [0.25, 0.3) is 0 Å². The third kappa shape index (κ3) is 3.21. The van der Waals surface area contributed by atoms with Crippen LogP contribution in [0.25, 0.3) is 0 Å². The number of likely N-dealkylation sites (tertiary alicyclic amines) is 1. The highest BCUT2D eigenvalue weighted by Gasteiger charge is 2.26. The van der Waals surface area contributed by atoms with Gasteiger partial charge in [-0.15, -0.1) is 0 Å². The third-order valence-electron chi connectivity index (χ3n) is 4.67. The van der Waals surface area contributed by atoms with E-state index < -0.39 is 0 Å². The highest BCUT2D eigenvalue weighted by atomic mass is 15.2. The van der Waals surface area contributed by atoms with Crippen LogP contribution in [0.15, 0.2) is 0 Å². The summed E-state index contributed by atoms with van der Waals surface area (Å²) >= 11 is 0. The summed E-state index contributed by atoms with van der Waals surface area (Å²) in [6.45, 7) is 6.06. The fourth-order valence-electron chi connectivity index (χ4n) is 3.42. The molecular weight excluding hydrogens is 196 g/mol. The van der Waals surface area contributed by atoms with E-state index >= 15 is 0 Å². The van der Waals surface area contributed by atoms with E-state index in [1.807, 2.05) is 0 Å². The Morgan fingerprint density at radius 2 is 1.94 bits per heavy atom. The highest BCUT2D eigenvalue weighted by Crippen LogP contribution is 2.27. The van der Waals surface area contributed by atoms with Crippen molar-refractivity contribution in [2.45, 2.75) is 57.9 Å². The van der Waals surface area contributed by atoms with Gasteiger partial charge in [-0.2, -0.15) is 0 Å². The molecule has 16 heavy (non-hydrogen) atoms. The van der Waals surface area contributed by atoms with Crippen molar-refractivity contribution in [1.82, 2.24) is 4.90 Å². The molecule has 1 saturated heterocycles. The Hall–Kier alpha value is -0.0800. The van der Waals surface area contributed by atoms with Crippen LogP contribution >= 0.6 is 0 Å². The van der Waals surface area contributed by atoms with Gasteiger partial charge in [-0.1, -0.05) is 32.6 Å². The molecule has 2 nitrogen and oxygen atoms in total. The first kappa shape index (κ1) is 12.4. The summed E-state index contributed by atoms with van der Waals surface area (Å²) in [6.07, 6.45) is 9.76. The molecule has 0 amide bonds. The summed E-state index contributed by atoms with van der Waals surface area (Å²) in [5.41, 5.74) is 6.37. The van der Waals surface area contributed by atoms with Crippen LogP contribution in [-0.2, 0) is 0 Å². The summed E-state index contributed by atoms with van der Waals surface area (Å²) in [5, 5.41) is 0. The molecule has 1 aliphatic heterocycles. The van der Waals surface area contributed by atoms with E-state index in [0.717, 1.165) is 18.4 Å². The first-order valence-electron chi connectivity index (χ1n) is 7.27. The van der Waals surface area contributed by atoms with E-state index in [9.17, 15) is 0 Å². The predicted octanol–water partition coefficient (Wildman–Crippen LogP) is 2.63. The number of rotatable bonds is 4. The van der Waals surface area contributed by atoms with Gasteiger partial charge in [-0.05, 0) is 37.6 Å². The van der Waals surface area contributed by atoms with Gasteiger partial charge in [-0.3, -0.25) is 0 Å². The van der Waals surface area contributed by atoms with Crippen LogP contribution in [0, 0.1) is 11.8 Å². The van der Waals surface area contributed by atoms with Crippen LogP contribution in [0.5, 0.6) is 0 Å². The van der Waals surface area contributed by atoms with Crippen molar-refractivity contribution in [1.29, 1.82) is 0 Å². The molecule has 2 unspecified atom stereocenters. The van der Waals surface area contributed by atoms with Gasteiger partial charge in [0.05, 0.1) is 0 Å². The molecule has 0 aromatic rings. The smallest absolute Gasteiger partial charge is 0.0196 e. The number of nitrogens with zero attached hydrogens (tertiary/aromatic N) is 1. The third-order valence-corrected chi connectivity index (χ3v) is 4.67. The van der Waals surface area contributed by atoms with Crippen LogP contribution in [0.2, 0.25) is 0 Å². The number of hydrogen-bond acceptors (Lipinski definition) is 2. The van der Waals surface area contributed by atoms with Crippen molar-refractivity contribution >= 4 is 0 Å². The van der Waals surface area contributed by atoms with Crippen molar-refractivity contribution < 1.29 is 0 Å². The van der Waals surface area contributed by atoms with Gasteiger partial charge in [-0.25, -0.2) is 0 Å². The Labute approximate surface area is 101 Å². The molecule has 2 heteroatoms. The molecule has 2 rings (SSSR count). The second kappa shape index (κ2) is 6.02. The summed E-state index contributed by atoms with van der Waals surface area (Å²) in [7, 11) is 0. The molecule has 1 saturated carbocycles. The summed E-state index contributed by atoms with van der Waals surface area (Å²) in [5.74, 6) is 1.76. The lowest BCUT2D eigenvalue weighted by atomic mass is 9.84. The SMILES string of the molecule is CCC1CCN(CC(N)C2CCCCC2)C1. The minimum Gasteiger partial charge on any atom is -0.326 e. The zero-order chi connectivity index (χ0) is 11.4. The lowest BCUT2D eigenvalue weighted by Gasteiger charge is -2.30. The van der Waals surface area contributed by atoms with Gasteiger partial charge in [0, 0.05) is 19.1 Å². The molecule has 1 aliphatic carbocycles. The van der Waals surface area contributed by atoms with E-state index in [1.54, 1.807) is 0 Å². The average molecular weight is 224 g/mol. The normalized spacial score (nSPS) is 30.8. The highest BCUT2D eigenvalue weighted by molar-refractivity contribution is 4.83. The molecule has 0 aromatic heterocycles. The molecule has 2 fully saturated rings. The van der Waals surface area contributed by atoms with Gasteiger partial charge in [0.1, 0.15) is 0 Å². The van der Waals surface area contributed by atoms with Crippen LogP contribution in [-0.4, -0.2) is 30.6 Å². The molecule has 0 radical (unpaired) electrons. The maximum atomic E-state index is 6.37. The van der Waals surface area contributed by atoms with E-state index in [4.69, 9.17) is 5.73 Å². The maximum Gasteiger partial charge on any atom is 0.0196 e. The Bertz CT molecular complexity index is 199. The standard InChI is InChI=1S/C14H28N2/c1-2-12-8-9-16(10-12)11-14(15)13-6-4-3-5-7-13/h12-14H,2-11,15H2,1H3. The van der Waals surface area contributed by atoms with E-state index in [2.05, 4.69) is 11.8 Å². The molecule has 1 heterocycles. The minimum atomic E-state index is 0.441. The monoisotopic (exact) mass is 224 g/mol. The Kier molecular flexibility index (Phi) is 4.66. The molecule has 0 aromatic carbocycles. The topological polar surface area (TPSA) is 29.3 Å². The quantitative estimate of drug-likeness (QED) is 0.795. The van der Waals surface area contributed by atoms with E-state index in [-0.39, 0.29) is 0 Å². The van der Waals surface area contributed by atoms with Crippen LogP contribution < -0.4 is 5.73 Å². The summed E-state index contributed by atoms with van der Waals surface area (Å²) < 4.78 is 0. The number of nitrogens with two attached hydrogens (primary N) is 1. The zero-order valence-corrected chi connectivity index (χ0v) is 10.8. The molecule has 0 spiro atoms. The van der Waals surface area contributed by atoms with Crippen molar-refractivity contribution in [2.75, 3.05) is 19.6 Å². The molecule has 0 bridgehead atoms. The second-order valence-electron chi connectivity index (χ2n) is 5.88. The first-order valence-corrected chi connectivity index (χ1v) is 7.27. The molecule has 2 aliphatic rings. The largest absolute Gasteiger partial charge is 0.326 e. The van der Waals surface area contributed by atoms with Gasteiger partial charge >= 0.3 is 0 Å². The van der Waals surface area contributed by atoms with Crippen LogP contribution in [0.1, 0.15) is 51.9 Å². The average Bonchev–Trinajstić information content (AvgIpc) is 2.78. The Morgan fingerprint density at radius 1 is 1.19 bits per heavy atom. The fraction of sp³-hybridized carbons (Fsp3) is 1.00. The van der Waals surface area contributed by atoms with Crippen molar-refractivity contribution in [3.05, 3.63) is 0 Å². The van der Waals surface area contributed by atoms with Gasteiger partial charge < -0.3 is 10.6 Å². The summed E-state index contributed by atoms with van der Waals surface area (Å²) in [6, 6.07) is 0.441. The second-order valence-corrected chi connectivity index (χ2v) is 5.88. The lowest BCUT2D eigenvalue weighted by Crippen LogP contribution is -2.42. The molecular formula is C14H28N2. The first-order chi connectivity index (χ1) is 7.79. The maximum absolute atomic E-state index is 6.37. The van der Waals surface area contributed by atoms with Crippen LogP contribution in [0.3, 0.4) is 0 Å². The Balaban J connectivity index is 1.72. The predicted molar refractivity (Wildman–Crippen MR) is 69.4 cm³/mol. The van der Waals surface area contributed by atoms with E-state index in [0.29, 0.717) is 6.04 Å². The molecule has 2 N–H and O–H groups in total. The zero-order valence-electron chi connectivity index (χ0n) is 10.8. The lowest BCUT2D eigenvalue weighted by molar-refractivity contribution is 0.228. The minimum absolute atomic E-state index is 0.441. The van der Waals surface area contributed by atoms with Crippen molar-refractivity contribution in [3.63, 3.8) is 0 Å². The van der Waals surface area contributed by atoms with Gasteiger partial charge in [0.2, 0.25) is 0 Å². The van der Waals surface area contributed by atoms with Gasteiger partial charge in [0.15, 0.2) is 0 Å². The van der Waals surface area contributed by atoms with Crippen LogP contribution in [0.4, 0.5) is 0 Å². The Morgan fingerprint density at radius 3 is 2.56 bits per heavy atom. The summed E-state index contributed by atoms with van der Waals surface area (Å²) in [4.78, 5) is 2.60. The van der Waals surface area contributed by atoms with Crippen molar-refractivity contribution in [3.8, 4) is 0 Å².